The number of carbonyl (C=O) groups excluding carboxylic acids is 1. The first-order chi connectivity index (χ1) is 15.6. The number of carbonyl (C=O) groups is 1. The number of hydrogen-bond donors (Lipinski definition) is 1. The third kappa shape index (κ3) is 4.30. The molecule has 1 saturated heterocycles. The predicted octanol–water partition coefficient (Wildman–Crippen LogP) is 3.66. The Kier molecular flexibility index (Phi) is 6.41. The van der Waals surface area contributed by atoms with E-state index in [0.717, 1.165) is 46.5 Å². The van der Waals surface area contributed by atoms with E-state index in [1.54, 1.807) is 20.4 Å². The van der Waals surface area contributed by atoms with Crippen LogP contribution in [-0.2, 0) is 11.3 Å². The first kappa shape index (κ1) is 21.4. The van der Waals surface area contributed by atoms with E-state index in [0.29, 0.717) is 25.2 Å². The Morgan fingerprint density at radius 2 is 1.97 bits per heavy atom. The SMILES string of the molecule is COc1ccc2c(N3CCC(C(=O)NCc4ccccc4OC)CC3)c(C#N)cnc2c1. The quantitative estimate of drug-likeness (QED) is 0.642. The summed E-state index contributed by atoms with van der Waals surface area (Å²) in [4.78, 5) is 19.4. The fourth-order valence-electron chi connectivity index (χ4n) is 4.25. The molecule has 1 N–H and O–H groups in total. The highest BCUT2D eigenvalue weighted by molar-refractivity contribution is 5.95. The van der Waals surface area contributed by atoms with Crippen molar-refractivity contribution < 1.29 is 14.3 Å². The number of amides is 1. The number of para-hydroxylation sites is 1. The van der Waals surface area contributed by atoms with Gasteiger partial charge in [0.05, 0.1) is 31.0 Å². The van der Waals surface area contributed by atoms with Crippen molar-refractivity contribution in [2.24, 2.45) is 5.92 Å². The zero-order valence-corrected chi connectivity index (χ0v) is 18.3. The Morgan fingerprint density at radius 1 is 1.19 bits per heavy atom. The van der Waals surface area contributed by atoms with Crippen LogP contribution in [-0.4, -0.2) is 38.2 Å². The molecule has 0 aliphatic carbocycles. The maximum atomic E-state index is 12.8. The van der Waals surface area contributed by atoms with Gasteiger partial charge < -0.3 is 19.7 Å². The Bertz CT molecular complexity index is 1160. The standard InChI is InChI=1S/C25H26N4O3/c1-31-20-7-8-21-22(13-20)27-16-19(14-26)24(21)29-11-9-17(10-12-29)25(30)28-15-18-5-3-4-6-23(18)32-2/h3-8,13,16-17H,9-12,15H2,1-2H3,(H,28,30). The van der Waals surface area contributed by atoms with Crippen LogP contribution in [0.5, 0.6) is 11.5 Å². The summed E-state index contributed by atoms with van der Waals surface area (Å²) >= 11 is 0. The van der Waals surface area contributed by atoms with Crippen LogP contribution < -0.4 is 19.7 Å². The number of pyridine rings is 1. The summed E-state index contributed by atoms with van der Waals surface area (Å²) in [7, 11) is 3.25. The number of ether oxygens (including phenoxy) is 2. The van der Waals surface area contributed by atoms with Crippen LogP contribution in [0.2, 0.25) is 0 Å². The van der Waals surface area contributed by atoms with Gasteiger partial charge in [0, 0.05) is 48.8 Å². The van der Waals surface area contributed by atoms with Crippen molar-refractivity contribution in [1.82, 2.24) is 10.3 Å². The Labute approximate surface area is 187 Å². The number of rotatable bonds is 6. The molecular formula is C25H26N4O3. The van der Waals surface area contributed by atoms with Gasteiger partial charge in [-0.3, -0.25) is 9.78 Å². The monoisotopic (exact) mass is 430 g/mol. The van der Waals surface area contributed by atoms with Crippen molar-refractivity contribution in [3.8, 4) is 17.6 Å². The third-order valence-corrected chi connectivity index (χ3v) is 6.00. The molecule has 1 aliphatic heterocycles. The van der Waals surface area contributed by atoms with Gasteiger partial charge in [-0.05, 0) is 31.0 Å². The molecule has 0 spiro atoms. The van der Waals surface area contributed by atoms with Crippen molar-refractivity contribution >= 4 is 22.5 Å². The molecule has 0 saturated carbocycles. The number of nitrogens with one attached hydrogen (secondary N) is 1. The highest BCUT2D eigenvalue weighted by Crippen LogP contribution is 2.34. The van der Waals surface area contributed by atoms with E-state index in [-0.39, 0.29) is 11.8 Å². The number of hydrogen-bond acceptors (Lipinski definition) is 6. The lowest BCUT2D eigenvalue weighted by Crippen LogP contribution is -2.40. The van der Waals surface area contributed by atoms with Crippen LogP contribution in [0.25, 0.3) is 10.9 Å². The molecule has 7 nitrogen and oxygen atoms in total. The lowest BCUT2D eigenvalue weighted by molar-refractivity contribution is -0.125. The molecule has 0 bridgehead atoms. The van der Waals surface area contributed by atoms with Crippen LogP contribution in [0.4, 0.5) is 5.69 Å². The van der Waals surface area contributed by atoms with Crippen LogP contribution in [0.3, 0.4) is 0 Å². The topological polar surface area (TPSA) is 87.5 Å². The van der Waals surface area contributed by atoms with E-state index in [2.05, 4.69) is 21.3 Å². The molecule has 32 heavy (non-hydrogen) atoms. The summed E-state index contributed by atoms with van der Waals surface area (Å²) in [6, 6.07) is 15.7. The molecule has 4 rings (SSSR count). The molecule has 0 radical (unpaired) electrons. The summed E-state index contributed by atoms with van der Waals surface area (Å²) < 4.78 is 10.7. The van der Waals surface area contributed by atoms with Crippen LogP contribution in [0.1, 0.15) is 24.0 Å². The summed E-state index contributed by atoms with van der Waals surface area (Å²) in [5.41, 5.74) is 3.17. The summed E-state index contributed by atoms with van der Waals surface area (Å²) in [5.74, 6) is 1.50. The van der Waals surface area contributed by atoms with E-state index in [1.807, 2.05) is 42.5 Å². The van der Waals surface area contributed by atoms with Crippen molar-refractivity contribution in [2.45, 2.75) is 19.4 Å². The van der Waals surface area contributed by atoms with E-state index in [4.69, 9.17) is 9.47 Å². The molecule has 1 aliphatic rings. The van der Waals surface area contributed by atoms with Gasteiger partial charge in [0.2, 0.25) is 5.91 Å². The second kappa shape index (κ2) is 9.56. The van der Waals surface area contributed by atoms with Crippen LogP contribution >= 0.6 is 0 Å². The summed E-state index contributed by atoms with van der Waals surface area (Å²) in [6.07, 6.45) is 3.06. The minimum Gasteiger partial charge on any atom is -0.497 e. The van der Waals surface area contributed by atoms with Crippen LogP contribution in [0.15, 0.2) is 48.7 Å². The van der Waals surface area contributed by atoms with E-state index in [9.17, 15) is 10.1 Å². The number of anilines is 1. The smallest absolute Gasteiger partial charge is 0.223 e. The maximum absolute atomic E-state index is 12.8. The first-order valence-electron chi connectivity index (χ1n) is 10.7. The zero-order valence-electron chi connectivity index (χ0n) is 18.3. The number of fused-ring (bicyclic) bond motifs is 1. The summed E-state index contributed by atoms with van der Waals surface area (Å²) in [6.45, 7) is 1.84. The molecule has 2 heterocycles. The number of nitrogens with zero attached hydrogens (tertiary/aromatic N) is 3. The van der Waals surface area contributed by atoms with Crippen molar-refractivity contribution in [2.75, 3.05) is 32.2 Å². The Morgan fingerprint density at radius 3 is 2.69 bits per heavy atom. The number of piperidine rings is 1. The number of methoxy groups -OCH3 is 2. The average Bonchev–Trinajstić information content (AvgIpc) is 2.86. The van der Waals surface area contributed by atoms with Crippen molar-refractivity contribution in [3.05, 3.63) is 59.8 Å². The van der Waals surface area contributed by atoms with Gasteiger partial charge in [0.15, 0.2) is 0 Å². The minimum absolute atomic E-state index is 0.0558. The number of nitriles is 1. The van der Waals surface area contributed by atoms with Gasteiger partial charge in [-0.2, -0.15) is 5.26 Å². The Hall–Kier alpha value is -3.79. The van der Waals surface area contributed by atoms with Crippen molar-refractivity contribution in [3.63, 3.8) is 0 Å². The minimum atomic E-state index is -0.0558. The molecule has 7 heteroatoms. The van der Waals surface area contributed by atoms with E-state index < -0.39 is 0 Å². The number of aromatic nitrogens is 1. The first-order valence-corrected chi connectivity index (χ1v) is 10.7. The molecule has 1 amide bonds. The fraction of sp³-hybridized carbons (Fsp3) is 0.320. The predicted molar refractivity (Wildman–Crippen MR) is 123 cm³/mol. The van der Waals surface area contributed by atoms with Gasteiger partial charge in [0.1, 0.15) is 17.6 Å². The van der Waals surface area contributed by atoms with Gasteiger partial charge >= 0.3 is 0 Å². The van der Waals surface area contributed by atoms with Gasteiger partial charge in [-0.15, -0.1) is 0 Å². The second-order valence-corrected chi connectivity index (χ2v) is 7.81. The largest absolute Gasteiger partial charge is 0.497 e. The molecule has 3 aromatic rings. The maximum Gasteiger partial charge on any atom is 0.223 e. The molecular weight excluding hydrogens is 404 g/mol. The van der Waals surface area contributed by atoms with Gasteiger partial charge in [-0.1, -0.05) is 18.2 Å². The summed E-state index contributed by atoms with van der Waals surface area (Å²) in [5, 5.41) is 13.6. The van der Waals surface area contributed by atoms with Crippen molar-refractivity contribution in [1.29, 1.82) is 5.26 Å². The zero-order chi connectivity index (χ0) is 22.5. The molecule has 1 aromatic heterocycles. The highest BCUT2D eigenvalue weighted by Gasteiger charge is 2.27. The van der Waals surface area contributed by atoms with Crippen LogP contribution in [0, 0.1) is 17.2 Å². The van der Waals surface area contributed by atoms with E-state index in [1.165, 1.54) is 0 Å². The molecule has 1 fully saturated rings. The van der Waals surface area contributed by atoms with Gasteiger partial charge in [0.25, 0.3) is 0 Å². The molecule has 2 aromatic carbocycles. The number of benzene rings is 2. The average molecular weight is 431 g/mol. The van der Waals surface area contributed by atoms with Gasteiger partial charge in [-0.25, -0.2) is 0 Å². The Balaban J connectivity index is 1.45. The third-order valence-electron chi connectivity index (χ3n) is 6.00. The molecule has 0 unspecified atom stereocenters. The normalized spacial score (nSPS) is 14.1. The molecule has 164 valence electrons. The lowest BCUT2D eigenvalue weighted by atomic mass is 9.94. The second-order valence-electron chi connectivity index (χ2n) is 7.81. The molecule has 0 atom stereocenters. The lowest BCUT2D eigenvalue weighted by Gasteiger charge is -2.34. The van der Waals surface area contributed by atoms with E-state index >= 15 is 0 Å². The fourth-order valence-corrected chi connectivity index (χ4v) is 4.25. The highest BCUT2D eigenvalue weighted by atomic mass is 16.5.